The molecule has 0 fully saturated rings. The van der Waals surface area contributed by atoms with Crippen LogP contribution in [-0.2, 0) is 24.2 Å². The molecule has 192 valence electrons. The summed E-state index contributed by atoms with van der Waals surface area (Å²) in [6.45, 7) is 4.17. The molecule has 2 aromatic carbocycles. The number of nitrogens with one attached hydrogen (secondary N) is 2. The SMILES string of the molecule is CCc1cc(F)cc(C)c1NC(Cc1ccc(-c2nnc(CNc3cc(OC)ccn3)s2)cc1)C(=O)O. The number of ether oxygens (including phenoxy) is 1. The topological polar surface area (TPSA) is 109 Å². The second-order valence-corrected chi connectivity index (χ2v) is 9.54. The van der Waals surface area contributed by atoms with Crippen molar-refractivity contribution in [1.82, 2.24) is 15.2 Å². The summed E-state index contributed by atoms with van der Waals surface area (Å²) in [7, 11) is 1.61. The van der Waals surface area contributed by atoms with Crippen molar-refractivity contribution >= 4 is 28.8 Å². The minimum absolute atomic E-state index is 0.272. The third kappa shape index (κ3) is 6.59. The van der Waals surface area contributed by atoms with Gasteiger partial charge in [-0.25, -0.2) is 14.2 Å². The lowest BCUT2D eigenvalue weighted by Crippen LogP contribution is -2.32. The zero-order valence-corrected chi connectivity index (χ0v) is 21.6. The maximum absolute atomic E-state index is 13.8. The van der Waals surface area contributed by atoms with Crippen molar-refractivity contribution in [3.05, 3.63) is 82.2 Å². The van der Waals surface area contributed by atoms with E-state index in [0.29, 0.717) is 30.0 Å². The highest BCUT2D eigenvalue weighted by Gasteiger charge is 2.20. The molecule has 1 atom stereocenters. The molecule has 4 aromatic rings. The van der Waals surface area contributed by atoms with E-state index in [9.17, 15) is 14.3 Å². The fourth-order valence-electron chi connectivity index (χ4n) is 3.93. The Bertz CT molecular complexity index is 1380. The van der Waals surface area contributed by atoms with E-state index in [2.05, 4.69) is 25.8 Å². The Morgan fingerprint density at radius 2 is 1.95 bits per heavy atom. The van der Waals surface area contributed by atoms with Crippen LogP contribution < -0.4 is 15.4 Å². The van der Waals surface area contributed by atoms with Crippen molar-refractivity contribution in [2.24, 2.45) is 0 Å². The molecule has 2 heterocycles. The lowest BCUT2D eigenvalue weighted by atomic mass is 10.0. The number of aliphatic carboxylic acids is 1. The van der Waals surface area contributed by atoms with Crippen LogP contribution in [0.2, 0.25) is 0 Å². The van der Waals surface area contributed by atoms with Gasteiger partial charge in [-0.2, -0.15) is 0 Å². The van der Waals surface area contributed by atoms with Gasteiger partial charge >= 0.3 is 5.97 Å². The molecule has 37 heavy (non-hydrogen) atoms. The highest BCUT2D eigenvalue weighted by molar-refractivity contribution is 7.14. The number of aryl methyl sites for hydroxylation is 2. The van der Waals surface area contributed by atoms with Gasteiger partial charge in [0.15, 0.2) is 0 Å². The number of carboxylic acids is 1. The van der Waals surface area contributed by atoms with Crippen molar-refractivity contribution in [3.63, 3.8) is 0 Å². The van der Waals surface area contributed by atoms with E-state index in [0.717, 1.165) is 32.5 Å². The van der Waals surface area contributed by atoms with E-state index >= 15 is 0 Å². The van der Waals surface area contributed by atoms with Crippen molar-refractivity contribution in [3.8, 4) is 16.3 Å². The number of anilines is 2. The quantitative estimate of drug-likeness (QED) is 0.243. The van der Waals surface area contributed by atoms with E-state index in [-0.39, 0.29) is 12.2 Å². The van der Waals surface area contributed by atoms with Crippen LogP contribution >= 0.6 is 11.3 Å². The molecule has 0 spiro atoms. The van der Waals surface area contributed by atoms with Crippen molar-refractivity contribution in [2.45, 2.75) is 39.3 Å². The number of methoxy groups -OCH3 is 1. The normalized spacial score (nSPS) is 11.7. The molecule has 4 rings (SSSR count). The maximum Gasteiger partial charge on any atom is 0.326 e. The van der Waals surface area contributed by atoms with Gasteiger partial charge in [-0.1, -0.05) is 42.5 Å². The van der Waals surface area contributed by atoms with Gasteiger partial charge in [-0.15, -0.1) is 10.2 Å². The maximum atomic E-state index is 13.8. The average molecular weight is 522 g/mol. The van der Waals surface area contributed by atoms with Gasteiger partial charge in [0.1, 0.15) is 33.4 Å². The average Bonchev–Trinajstić information content (AvgIpc) is 3.37. The molecular formula is C27H28FN5O3S. The minimum atomic E-state index is -0.971. The second-order valence-electron chi connectivity index (χ2n) is 8.48. The van der Waals surface area contributed by atoms with Crippen molar-refractivity contribution in [1.29, 1.82) is 0 Å². The Labute approximate surface area is 218 Å². The summed E-state index contributed by atoms with van der Waals surface area (Å²) in [6.07, 6.45) is 2.54. The Morgan fingerprint density at radius 3 is 2.65 bits per heavy atom. The summed E-state index contributed by atoms with van der Waals surface area (Å²) in [5.74, 6) is 0.106. The summed E-state index contributed by atoms with van der Waals surface area (Å²) in [5.41, 5.74) is 3.86. The summed E-state index contributed by atoms with van der Waals surface area (Å²) < 4.78 is 19.0. The Morgan fingerprint density at radius 1 is 1.16 bits per heavy atom. The highest BCUT2D eigenvalue weighted by atomic mass is 32.1. The Balaban J connectivity index is 1.41. The van der Waals surface area contributed by atoms with Crippen molar-refractivity contribution in [2.75, 3.05) is 17.7 Å². The van der Waals surface area contributed by atoms with Gasteiger partial charge in [0.2, 0.25) is 0 Å². The number of carboxylic acid groups (broad SMARTS) is 1. The first-order valence-electron chi connectivity index (χ1n) is 11.8. The molecular weight excluding hydrogens is 493 g/mol. The fourth-order valence-corrected chi connectivity index (χ4v) is 4.72. The standard InChI is InChI=1S/C27H28FN5O3S/c1-4-18-13-20(28)11-16(2)25(18)31-22(27(34)35)12-17-5-7-19(8-6-17)26-33-32-24(37-26)15-30-23-14-21(36-3)9-10-29-23/h5-11,13-14,22,31H,4,12,15H2,1-3H3,(H,29,30)(H,34,35). The fraction of sp³-hybridized carbons (Fsp3) is 0.259. The first-order valence-corrected chi connectivity index (χ1v) is 12.6. The first kappa shape index (κ1) is 26.0. The number of benzene rings is 2. The molecule has 0 saturated carbocycles. The molecule has 0 aliphatic carbocycles. The lowest BCUT2D eigenvalue weighted by molar-refractivity contribution is -0.137. The van der Waals surface area contributed by atoms with Crippen LogP contribution in [0, 0.1) is 12.7 Å². The smallest absolute Gasteiger partial charge is 0.326 e. The monoisotopic (exact) mass is 521 g/mol. The zero-order chi connectivity index (χ0) is 26.4. The van der Waals surface area contributed by atoms with Gasteiger partial charge in [-0.3, -0.25) is 0 Å². The summed E-state index contributed by atoms with van der Waals surface area (Å²) in [6, 6.07) is 13.2. The van der Waals surface area contributed by atoms with E-state index in [1.165, 1.54) is 23.5 Å². The predicted octanol–water partition coefficient (Wildman–Crippen LogP) is 5.34. The number of pyridine rings is 1. The van der Waals surface area contributed by atoms with Crippen LogP contribution in [-0.4, -0.2) is 39.4 Å². The van der Waals surface area contributed by atoms with Gasteiger partial charge in [0.25, 0.3) is 0 Å². The zero-order valence-electron chi connectivity index (χ0n) is 20.8. The van der Waals surface area contributed by atoms with Gasteiger partial charge < -0.3 is 20.5 Å². The molecule has 0 bridgehead atoms. The molecule has 1 unspecified atom stereocenters. The Kier molecular flexibility index (Phi) is 8.29. The van der Waals surface area contributed by atoms with Crippen LogP contribution in [0.3, 0.4) is 0 Å². The largest absolute Gasteiger partial charge is 0.497 e. The van der Waals surface area contributed by atoms with Gasteiger partial charge in [0, 0.05) is 29.9 Å². The summed E-state index contributed by atoms with van der Waals surface area (Å²) >= 11 is 1.47. The number of hydrogen-bond acceptors (Lipinski definition) is 8. The minimum Gasteiger partial charge on any atom is -0.497 e. The van der Waals surface area contributed by atoms with E-state index in [1.807, 2.05) is 31.2 Å². The molecule has 0 aliphatic rings. The molecule has 0 aliphatic heterocycles. The van der Waals surface area contributed by atoms with Gasteiger partial charge in [-0.05, 0) is 48.2 Å². The predicted molar refractivity (Wildman–Crippen MR) is 143 cm³/mol. The highest BCUT2D eigenvalue weighted by Crippen LogP contribution is 2.27. The van der Waals surface area contributed by atoms with E-state index in [4.69, 9.17) is 4.74 Å². The number of rotatable bonds is 11. The molecule has 3 N–H and O–H groups in total. The van der Waals surface area contributed by atoms with Crippen LogP contribution in [0.4, 0.5) is 15.9 Å². The third-order valence-corrected chi connectivity index (χ3v) is 6.85. The van der Waals surface area contributed by atoms with Gasteiger partial charge in [0.05, 0.1) is 13.7 Å². The number of carbonyl (C=O) groups is 1. The summed E-state index contributed by atoms with van der Waals surface area (Å²) in [5, 5.41) is 26.3. The molecule has 0 radical (unpaired) electrons. The van der Waals surface area contributed by atoms with Crippen molar-refractivity contribution < 1.29 is 19.0 Å². The second kappa shape index (κ2) is 11.8. The summed E-state index contributed by atoms with van der Waals surface area (Å²) in [4.78, 5) is 16.3. The molecule has 10 heteroatoms. The number of halogens is 1. The number of aromatic nitrogens is 3. The van der Waals surface area contributed by atoms with E-state index < -0.39 is 12.0 Å². The number of hydrogen-bond donors (Lipinski definition) is 3. The molecule has 2 aromatic heterocycles. The molecule has 0 saturated heterocycles. The molecule has 8 nitrogen and oxygen atoms in total. The molecule has 0 amide bonds. The first-order chi connectivity index (χ1) is 17.9. The third-order valence-electron chi connectivity index (χ3n) is 5.87. The van der Waals surface area contributed by atoms with Crippen LogP contribution in [0.25, 0.3) is 10.6 Å². The Hall–Kier alpha value is -4.05. The van der Waals surface area contributed by atoms with Crippen LogP contribution in [0.5, 0.6) is 5.75 Å². The van der Waals surface area contributed by atoms with Crippen LogP contribution in [0.15, 0.2) is 54.7 Å². The lowest BCUT2D eigenvalue weighted by Gasteiger charge is -2.20. The van der Waals surface area contributed by atoms with Crippen LogP contribution in [0.1, 0.15) is 28.6 Å². The number of nitrogens with zero attached hydrogens (tertiary/aromatic N) is 3. The van der Waals surface area contributed by atoms with E-state index in [1.54, 1.807) is 32.4 Å².